The van der Waals surface area contributed by atoms with Crippen LogP contribution in [0.25, 0.3) is 0 Å². The van der Waals surface area contributed by atoms with Gasteiger partial charge in [0.05, 0.1) is 13.1 Å². The third kappa shape index (κ3) is 3.89. The highest BCUT2D eigenvalue weighted by Crippen LogP contribution is 2.26. The maximum Gasteiger partial charge on any atom is 0.269 e. The zero-order valence-electron chi connectivity index (χ0n) is 13.5. The van der Waals surface area contributed by atoms with Crippen LogP contribution in [-0.2, 0) is 12.1 Å². The summed E-state index contributed by atoms with van der Waals surface area (Å²) < 4.78 is 28.8. The number of nitrogens with zero attached hydrogens (tertiary/aromatic N) is 4. The van der Waals surface area contributed by atoms with E-state index in [1.54, 1.807) is 12.1 Å². The SMILES string of the molecule is O=C(NCC(O)(Cn1cncn1)c1ccc(F)cc1F)c1ccccn1. The van der Waals surface area contributed by atoms with Crippen LogP contribution < -0.4 is 5.32 Å². The minimum atomic E-state index is -1.88. The van der Waals surface area contributed by atoms with Gasteiger partial charge in [0.1, 0.15) is 35.6 Å². The summed E-state index contributed by atoms with van der Waals surface area (Å²) in [5.41, 5.74) is -1.90. The van der Waals surface area contributed by atoms with Crippen molar-refractivity contribution in [3.8, 4) is 0 Å². The van der Waals surface area contributed by atoms with Crippen molar-refractivity contribution < 1.29 is 18.7 Å². The van der Waals surface area contributed by atoms with Crippen molar-refractivity contribution in [3.05, 3.63) is 78.1 Å². The first-order chi connectivity index (χ1) is 12.5. The van der Waals surface area contributed by atoms with Crippen LogP contribution in [0, 0.1) is 11.6 Å². The lowest BCUT2D eigenvalue weighted by Gasteiger charge is -2.29. The quantitative estimate of drug-likeness (QED) is 0.691. The maximum atomic E-state index is 14.3. The van der Waals surface area contributed by atoms with E-state index in [-0.39, 0.29) is 24.3 Å². The number of hydrogen-bond donors (Lipinski definition) is 2. The van der Waals surface area contributed by atoms with Gasteiger partial charge < -0.3 is 10.4 Å². The monoisotopic (exact) mass is 359 g/mol. The van der Waals surface area contributed by atoms with Gasteiger partial charge in [-0.1, -0.05) is 12.1 Å². The molecule has 7 nitrogen and oxygen atoms in total. The first-order valence-corrected chi connectivity index (χ1v) is 7.67. The average molecular weight is 359 g/mol. The van der Waals surface area contributed by atoms with Gasteiger partial charge in [0, 0.05) is 17.8 Å². The van der Waals surface area contributed by atoms with Crippen LogP contribution in [0.1, 0.15) is 16.1 Å². The van der Waals surface area contributed by atoms with E-state index in [1.165, 1.54) is 29.6 Å². The Bertz CT molecular complexity index is 889. The number of pyridine rings is 1. The normalized spacial score (nSPS) is 13.2. The standard InChI is InChI=1S/C17H15F2N5O2/c18-12-4-5-13(14(19)7-12)17(26,9-24-11-20-10-23-24)8-22-16(25)15-3-1-2-6-21-15/h1-7,10-11,26H,8-9H2,(H,22,25). The van der Waals surface area contributed by atoms with E-state index in [9.17, 15) is 18.7 Å². The first-order valence-electron chi connectivity index (χ1n) is 7.67. The van der Waals surface area contributed by atoms with E-state index in [4.69, 9.17) is 0 Å². The molecule has 0 spiro atoms. The van der Waals surface area contributed by atoms with Crippen LogP contribution in [0.5, 0.6) is 0 Å². The molecule has 134 valence electrons. The molecule has 0 fully saturated rings. The Hall–Kier alpha value is -3.20. The molecule has 2 aromatic heterocycles. The number of aromatic nitrogens is 4. The van der Waals surface area contributed by atoms with Crippen molar-refractivity contribution in [1.29, 1.82) is 0 Å². The van der Waals surface area contributed by atoms with Gasteiger partial charge in [-0.05, 0) is 18.2 Å². The molecule has 3 aromatic rings. The van der Waals surface area contributed by atoms with E-state index in [0.717, 1.165) is 12.1 Å². The van der Waals surface area contributed by atoms with Crippen molar-refractivity contribution in [3.63, 3.8) is 0 Å². The molecular weight excluding hydrogens is 344 g/mol. The molecule has 0 saturated carbocycles. The Labute approximate surface area is 147 Å². The summed E-state index contributed by atoms with van der Waals surface area (Å²) in [4.78, 5) is 19.9. The Morgan fingerprint density at radius 2 is 2.12 bits per heavy atom. The molecule has 0 aliphatic heterocycles. The first kappa shape index (κ1) is 17.6. The van der Waals surface area contributed by atoms with Gasteiger partial charge in [-0.15, -0.1) is 0 Å². The van der Waals surface area contributed by atoms with E-state index < -0.39 is 23.1 Å². The second kappa shape index (κ2) is 7.36. The Balaban J connectivity index is 1.86. The molecule has 2 heterocycles. The van der Waals surface area contributed by atoms with Crippen molar-refractivity contribution in [2.24, 2.45) is 0 Å². The average Bonchev–Trinajstić information content (AvgIpc) is 3.13. The second-order valence-electron chi connectivity index (χ2n) is 5.65. The predicted octanol–water partition coefficient (Wildman–Crippen LogP) is 1.27. The minimum Gasteiger partial charge on any atom is -0.381 e. The van der Waals surface area contributed by atoms with Gasteiger partial charge in [-0.3, -0.25) is 9.78 Å². The van der Waals surface area contributed by atoms with Crippen molar-refractivity contribution in [2.45, 2.75) is 12.1 Å². The zero-order chi connectivity index (χ0) is 18.6. The number of aliphatic hydroxyl groups is 1. The van der Waals surface area contributed by atoms with Gasteiger partial charge in [0.25, 0.3) is 5.91 Å². The van der Waals surface area contributed by atoms with Gasteiger partial charge in [0.2, 0.25) is 0 Å². The Morgan fingerprint density at radius 1 is 1.27 bits per heavy atom. The van der Waals surface area contributed by atoms with Crippen molar-refractivity contribution in [2.75, 3.05) is 6.54 Å². The molecule has 1 aromatic carbocycles. The highest BCUT2D eigenvalue weighted by Gasteiger charge is 2.34. The molecular formula is C17H15F2N5O2. The van der Waals surface area contributed by atoms with Crippen LogP contribution in [0.2, 0.25) is 0 Å². The molecule has 9 heteroatoms. The third-order valence-electron chi connectivity index (χ3n) is 3.76. The second-order valence-corrected chi connectivity index (χ2v) is 5.65. The molecule has 2 N–H and O–H groups in total. The van der Waals surface area contributed by atoms with Gasteiger partial charge in [-0.2, -0.15) is 5.10 Å². The van der Waals surface area contributed by atoms with Gasteiger partial charge in [0.15, 0.2) is 0 Å². The summed E-state index contributed by atoms with van der Waals surface area (Å²) in [6.07, 6.45) is 4.05. The van der Waals surface area contributed by atoms with Crippen LogP contribution in [0.15, 0.2) is 55.2 Å². The molecule has 1 unspecified atom stereocenters. The fraction of sp³-hybridized carbons (Fsp3) is 0.176. The van der Waals surface area contributed by atoms with E-state index >= 15 is 0 Å². The van der Waals surface area contributed by atoms with Crippen LogP contribution in [0.4, 0.5) is 8.78 Å². The fourth-order valence-electron chi connectivity index (χ4n) is 2.50. The Morgan fingerprint density at radius 3 is 2.77 bits per heavy atom. The van der Waals surface area contributed by atoms with Gasteiger partial charge in [-0.25, -0.2) is 18.4 Å². The molecule has 0 radical (unpaired) electrons. The molecule has 1 atom stereocenters. The summed E-state index contributed by atoms with van der Waals surface area (Å²) in [6, 6.07) is 7.64. The highest BCUT2D eigenvalue weighted by molar-refractivity contribution is 5.92. The third-order valence-corrected chi connectivity index (χ3v) is 3.76. The van der Waals surface area contributed by atoms with Crippen molar-refractivity contribution >= 4 is 5.91 Å². The Kier molecular flexibility index (Phi) is 4.99. The molecule has 3 rings (SSSR count). The van der Waals surface area contributed by atoms with Crippen LogP contribution in [-0.4, -0.2) is 37.3 Å². The lowest BCUT2D eigenvalue weighted by Crippen LogP contribution is -2.44. The highest BCUT2D eigenvalue weighted by atomic mass is 19.1. The molecule has 1 amide bonds. The maximum absolute atomic E-state index is 14.3. The number of hydrogen-bond acceptors (Lipinski definition) is 5. The molecule has 26 heavy (non-hydrogen) atoms. The summed E-state index contributed by atoms with van der Waals surface area (Å²) in [7, 11) is 0. The van der Waals surface area contributed by atoms with Crippen LogP contribution >= 0.6 is 0 Å². The lowest BCUT2D eigenvalue weighted by molar-refractivity contribution is 0.0120. The van der Waals surface area contributed by atoms with Crippen molar-refractivity contribution in [1.82, 2.24) is 25.1 Å². The molecule has 0 aliphatic carbocycles. The number of nitrogens with one attached hydrogen (secondary N) is 1. The number of halogens is 2. The number of carbonyl (C=O) groups excluding carboxylic acids is 1. The molecule has 0 bridgehead atoms. The minimum absolute atomic E-state index is 0.148. The van der Waals surface area contributed by atoms with Gasteiger partial charge >= 0.3 is 0 Å². The van der Waals surface area contributed by atoms with E-state index in [1.807, 2.05) is 0 Å². The molecule has 0 saturated heterocycles. The largest absolute Gasteiger partial charge is 0.381 e. The molecule has 0 aliphatic rings. The summed E-state index contributed by atoms with van der Waals surface area (Å²) in [6.45, 7) is -0.539. The number of rotatable bonds is 6. The summed E-state index contributed by atoms with van der Waals surface area (Å²) in [5, 5.41) is 17.4. The van der Waals surface area contributed by atoms with E-state index in [0.29, 0.717) is 6.07 Å². The number of benzene rings is 1. The number of amides is 1. The number of carbonyl (C=O) groups is 1. The topological polar surface area (TPSA) is 92.9 Å². The zero-order valence-corrected chi connectivity index (χ0v) is 13.5. The summed E-state index contributed by atoms with van der Waals surface area (Å²) >= 11 is 0. The fourth-order valence-corrected chi connectivity index (χ4v) is 2.50. The lowest BCUT2D eigenvalue weighted by atomic mass is 9.92. The predicted molar refractivity (Wildman–Crippen MR) is 86.8 cm³/mol. The van der Waals surface area contributed by atoms with Crippen LogP contribution in [0.3, 0.4) is 0 Å². The smallest absolute Gasteiger partial charge is 0.269 e. The summed E-state index contributed by atoms with van der Waals surface area (Å²) in [5.74, 6) is -2.24. The van der Waals surface area contributed by atoms with E-state index in [2.05, 4.69) is 20.4 Å².